The zero-order valence-electron chi connectivity index (χ0n) is 10.9. The monoisotopic (exact) mass is 251 g/mol. The molecule has 0 saturated carbocycles. The second-order valence-corrected chi connectivity index (χ2v) is 10.2. The molecule has 0 aliphatic rings. The van der Waals surface area contributed by atoms with Gasteiger partial charge in [0.15, 0.2) is 8.32 Å². The summed E-state index contributed by atoms with van der Waals surface area (Å²) in [6, 6.07) is 0. The molecule has 0 amide bonds. The van der Waals surface area contributed by atoms with E-state index in [1.165, 1.54) is 0 Å². The van der Waals surface area contributed by atoms with Crippen LogP contribution in [0.2, 0.25) is 18.1 Å². The SMILES string of the molecule is CC(C)(C)[Si](C)(C)OCCCN=CC(F)F. The average molecular weight is 251 g/mol. The zero-order chi connectivity index (χ0) is 12.8. The van der Waals surface area contributed by atoms with Crippen molar-refractivity contribution in [2.75, 3.05) is 13.2 Å². The maximum absolute atomic E-state index is 11.7. The minimum absolute atomic E-state index is 0.194. The van der Waals surface area contributed by atoms with E-state index in [2.05, 4.69) is 38.9 Å². The molecule has 0 bridgehead atoms. The Hall–Kier alpha value is -0.293. The molecule has 96 valence electrons. The van der Waals surface area contributed by atoms with Gasteiger partial charge in [-0.25, -0.2) is 8.78 Å². The summed E-state index contributed by atoms with van der Waals surface area (Å²) < 4.78 is 29.3. The van der Waals surface area contributed by atoms with Crippen LogP contribution < -0.4 is 0 Å². The van der Waals surface area contributed by atoms with Gasteiger partial charge in [-0.1, -0.05) is 20.8 Å². The molecule has 0 atom stereocenters. The summed E-state index contributed by atoms with van der Waals surface area (Å²) in [5.74, 6) is 0. The average Bonchev–Trinajstić information content (AvgIpc) is 2.08. The van der Waals surface area contributed by atoms with Gasteiger partial charge in [-0.15, -0.1) is 0 Å². The molecule has 0 N–H and O–H groups in total. The van der Waals surface area contributed by atoms with E-state index in [4.69, 9.17) is 4.43 Å². The Bertz CT molecular complexity index is 225. The highest BCUT2D eigenvalue weighted by atomic mass is 28.4. The summed E-state index contributed by atoms with van der Waals surface area (Å²) in [5.41, 5.74) is 0. The molecule has 16 heavy (non-hydrogen) atoms. The second-order valence-electron chi connectivity index (χ2n) is 5.35. The molecule has 0 aromatic carbocycles. The van der Waals surface area contributed by atoms with Crippen molar-refractivity contribution in [1.29, 1.82) is 0 Å². The lowest BCUT2D eigenvalue weighted by molar-refractivity contribution is 0.231. The molecule has 0 spiro atoms. The van der Waals surface area contributed by atoms with E-state index in [1.807, 2.05) is 0 Å². The van der Waals surface area contributed by atoms with Gasteiger partial charge >= 0.3 is 0 Å². The minimum Gasteiger partial charge on any atom is -0.417 e. The number of halogens is 2. The molecular weight excluding hydrogens is 228 g/mol. The van der Waals surface area contributed by atoms with Gasteiger partial charge in [0.05, 0.1) is 6.21 Å². The summed E-state index contributed by atoms with van der Waals surface area (Å²) in [7, 11) is -1.69. The Morgan fingerprint density at radius 1 is 1.31 bits per heavy atom. The molecule has 0 aromatic heterocycles. The molecule has 0 saturated heterocycles. The van der Waals surface area contributed by atoms with E-state index in [0.29, 0.717) is 25.8 Å². The van der Waals surface area contributed by atoms with E-state index >= 15 is 0 Å². The fourth-order valence-corrected chi connectivity index (χ4v) is 1.94. The Labute approximate surface area is 98.2 Å². The lowest BCUT2D eigenvalue weighted by Gasteiger charge is -2.36. The minimum atomic E-state index is -2.44. The molecule has 5 heteroatoms. The van der Waals surface area contributed by atoms with Gasteiger partial charge in [0, 0.05) is 13.2 Å². The van der Waals surface area contributed by atoms with Crippen LogP contribution in [-0.2, 0) is 4.43 Å². The number of alkyl halides is 2. The van der Waals surface area contributed by atoms with Gasteiger partial charge in [0.25, 0.3) is 6.43 Å². The van der Waals surface area contributed by atoms with Crippen LogP contribution in [0.4, 0.5) is 8.78 Å². The molecule has 0 heterocycles. The van der Waals surface area contributed by atoms with Crippen molar-refractivity contribution in [1.82, 2.24) is 0 Å². The van der Waals surface area contributed by atoms with Crippen molar-refractivity contribution in [2.45, 2.75) is 51.7 Å². The largest absolute Gasteiger partial charge is 0.417 e. The van der Waals surface area contributed by atoms with Crippen LogP contribution in [0.25, 0.3) is 0 Å². The van der Waals surface area contributed by atoms with Crippen molar-refractivity contribution in [3.63, 3.8) is 0 Å². The Morgan fingerprint density at radius 2 is 1.88 bits per heavy atom. The summed E-state index contributed by atoms with van der Waals surface area (Å²) in [6.07, 6.45) is -1.05. The molecule has 2 nitrogen and oxygen atoms in total. The quantitative estimate of drug-likeness (QED) is 0.400. The van der Waals surface area contributed by atoms with Crippen LogP contribution in [0.5, 0.6) is 0 Å². The molecule has 0 fully saturated rings. The first kappa shape index (κ1) is 15.7. The highest BCUT2D eigenvalue weighted by molar-refractivity contribution is 6.74. The Balaban J connectivity index is 3.75. The van der Waals surface area contributed by atoms with E-state index < -0.39 is 14.7 Å². The lowest BCUT2D eigenvalue weighted by Crippen LogP contribution is -2.41. The fourth-order valence-electron chi connectivity index (χ4n) is 0.854. The van der Waals surface area contributed by atoms with Gasteiger partial charge in [0.2, 0.25) is 0 Å². The Morgan fingerprint density at radius 3 is 2.31 bits per heavy atom. The number of aliphatic imine (C=N–C) groups is 1. The zero-order valence-corrected chi connectivity index (χ0v) is 11.9. The molecule has 0 aromatic rings. The normalized spacial score (nSPS) is 14.0. The van der Waals surface area contributed by atoms with E-state index in [1.54, 1.807) is 0 Å². The van der Waals surface area contributed by atoms with Gasteiger partial charge in [-0.2, -0.15) is 0 Å². The third kappa shape index (κ3) is 6.32. The second kappa shape index (κ2) is 6.44. The molecular formula is C11H23F2NOSi. The highest BCUT2D eigenvalue weighted by Gasteiger charge is 2.36. The first-order valence-electron chi connectivity index (χ1n) is 5.59. The summed E-state index contributed by atoms with van der Waals surface area (Å²) >= 11 is 0. The van der Waals surface area contributed by atoms with E-state index in [0.717, 1.165) is 0 Å². The van der Waals surface area contributed by atoms with Gasteiger partial charge < -0.3 is 4.43 Å². The van der Waals surface area contributed by atoms with Crippen molar-refractivity contribution >= 4 is 14.5 Å². The highest BCUT2D eigenvalue weighted by Crippen LogP contribution is 2.36. The van der Waals surface area contributed by atoms with Crippen LogP contribution in [-0.4, -0.2) is 34.1 Å². The van der Waals surface area contributed by atoms with Crippen LogP contribution >= 0.6 is 0 Å². The summed E-state index contributed by atoms with van der Waals surface area (Å²) in [6.45, 7) is 11.9. The first-order chi connectivity index (χ1) is 7.17. The van der Waals surface area contributed by atoms with Gasteiger partial charge in [0.1, 0.15) is 0 Å². The molecule has 0 rings (SSSR count). The molecule has 0 unspecified atom stereocenters. The van der Waals surface area contributed by atoms with Crippen LogP contribution in [0.1, 0.15) is 27.2 Å². The number of hydrogen-bond acceptors (Lipinski definition) is 2. The maximum Gasteiger partial charge on any atom is 0.273 e. The van der Waals surface area contributed by atoms with Crippen molar-refractivity contribution in [3.05, 3.63) is 0 Å². The van der Waals surface area contributed by atoms with Crippen LogP contribution in [0.15, 0.2) is 4.99 Å². The van der Waals surface area contributed by atoms with Crippen LogP contribution in [0, 0.1) is 0 Å². The number of nitrogens with zero attached hydrogens (tertiary/aromatic N) is 1. The first-order valence-corrected chi connectivity index (χ1v) is 8.50. The van der Waals surface area contributed by atoms with Gasteiger partial charge in [-0.3, -0.25) is 4.99 Å². The van der Waals surface area contributed by atoms with Crippen molar-refractivity contribution in [3.8, 4) is 0 Å². The molecule has 0 radical (unpaired) electrons. The third-order valence-corrected chi connectivity index (χ3v) is 7.46. The van der Waals surface area contributed by atoms with Crippen molar-refractivity contribution in [2.24, 2.45) is 4.99 Å². The fraction of sp³-hybridized carbons (Fsp3) is 0.909. The predicted molar refractivity (Wildman–Crippen MR) is 67.1 cm³/mol. The topological polar surface area (TPSA) is 21.6 Å². The lowest BCUT2D eigenvalue weighted by atomic mass is 10.2. The van der Waals surface area contributed by atoms with Crippen molar-refractivity contribution < 1.29 is 13.2 Å². The third-order valence-electron chi connectivity index (χ3n) is 2.92. The molecule has 0 aliphatic carbocycles. The predicted octanol–water partition coefficient (Wildman–Crippen LogP) is 3.73. The van der Waals surface area contributed by atoms with E-state index in [9.17, 15) is 8.78 Å². The summed E-state index contributed by atoms with van der Waals surface area (Å²) in [4.78, 5) is 3.61. The Kier molecular flexibility index (Phi) is 6.33. The standard InChI is InChI=1S/C11H23F2NOSi/c1-11(2,3)16(4,5)15-8-6-7-14-9-10(12)13/h9-10H,6-8H2,1-5H3. The summed E-state index contributed by atoms with van der Waals surface area (Å²) in [5, 5.41) is 0.194. The maximum atomic E-state index is 11.7. The van der Waals surface area contributed by atoms with E-state index in [-0.39, 0.29) is 5.04 Å². The number of hydrogen-bond donors (Lipinski definition) is 0. The smallest absolute Gasteiger partial charge is 0.273 e. The van der Waals surface area contributed by atoms with Crippen LogP contribution in [0.3, 0.4) is 0 Å². The number of rotatable bonds is 6. The van der Waals surface area contributed by atoms with Gasteiger partial charge in [-0.05, 0) is 24.6 Å². The molecule has 0 aliphatic heterocycles.